The molecule has 0 bridgehead atoms. The molecule has 2 saturated heterocycles. The number of amides is 7. The minimum Gasteiger partial charge on any atom is -0.508 e. The number of nitrogens with one attached hydrogen (secondary N) is 6. The number of carbonyl (C=O) groups is 7. The Morgan fingerprint density at radius 3 is 2.24 bits per heavy atom. The molecule has 11 atom stereocenters. The average Bonchev–Trinajstić information content (AvgIpc) is 3.24. The zero-order chi connectivity index (χ0) is 45.5. The topological polar surface area (TPSA) is 363 Å². The highest BCUT2D eigenvalue weighted by molar-refractivity contribution is 8.76. The first-order valence-corrected chi connectivity index (χ1v) is 21.8. The Kier molecular flexibility index (Phi) is 19.2. The Bertz CT molecular complexity index is 1870. The summed E-state index contributed by atoms with van der Waals surface area (Å²) in [5.41, 5.74) is 12.6. The largest absolute Gasteiger partial charge is 0.508 e. The van der Waals surface area contributed by atoms with Crippen LogP contribution in [0, 0.1) is 0 Å². The molecular formula is C38H52N8O14S2. The first-order valence-electron chi connectivity index (χ1n) is 19.3. The number of hydrogen-bond acceptors (Lipinski definition) is 17. The zero-order valence-electron chi connectivity index (χ0n) is 33.4. The molecule has 0 aromatic heterocycles. The lowest BCUT2D eigenvalue weighted by Crippen LogP contribution is -2.63. The van der Waals surface area contributed by atoms with Crippen molar-refractivity contribution < 1.29 is 68.6 Å². The number of aliphatic hydroxyl groups excluding tert-OH is 4. The molecule has 22 nitrogen and oxygen atoms in total. The summed E-state index contributed by atoms with van der Waals surface area (Å²) >= 11 is 0. The van der Waals surface area contributed by atoms with Gasteiger partial charge in [-0.3, -0.25) is 33.6 Å². The molecule has 62 heavy (non-hydrogen) atoms. The summed E-state index contributed by atoms with van der Waals surface area (Å²) in [6.45, 7) is -0.778. The molecule has 2 heterocycles. The molecule has 2 unspecified atom stereocenters. The van der Waals surface area contributed by atoms with E-state index in [1.54, 1.807) is 42.5 Å². The van der Waals surface area contributed by atoms with E-state index in [1.807, 2.05) is 0 Å². The molecule has 7 amide bonds. The summed E-state index contributed by atoms with van der Waals surface area (Å²) in [7, 11) is 2.03. The Morgan fingerprint density at radius 2 is 1.58 bits per heavy atom. The van der Waals surface area contributed by atoms with Crippen LogP contribution in [0.5, 0.6) is 5.75 Å². The van der Waals surface area contributed by atoms with Gasteiger partial charge in [-0.15, -0.1) is 0 Å². The molecular weight excluding hydrogens is 857 g/mol. The van der Waals surface area contributed by atoms with Gasteiger partial charge >= 0.3 is 0 Å². The van der Waals surface area contributed by atoms with E-state index < -0.39 is 128 Å². The SMILES string of the molecule is C[C@@H](O[C@@H]1O[C@H](CO)[C@@H](O)[C@H](O)[C@H]1O)[C@H](NC(=O)C1CSSC[C@@H](NC(=O)[C@@H](N)Cc2ccc(O)cc2)C(=O)NCC(=O)NC(Cc2ccccc2)C(=O)N1)C(=O)NCC(N)=O. The molecule has 2 aliphatic heterocycles. The fourth-order valence-electron chi connectivity index (χ4n) is 6.13. The van der Waals surface area contributed by atoms with Crippen LogP contribution in [-0.4, -0.2) is 165 Å². The van der Waals surface area contributed by atoms with Crippen molar-refractivity contribution >= 4 is 62.9 Å². The van der Waals surface area contributed by atoms with Gasteiger partial charge in [-0.05, 0) is 36.6 Å². The van der Waals surface area contributed by atoms with Crippen LogP contribution in [0.2, 0.25) is 0 Å². The normalized spacial score (nSPS) is 26.5. The summed E-state index contributed by atoms with van der Waals surface area (Å²) in [6, 6.07) is 7.80. The number of carbonyl (C=O) groups excluding carboxylic acids is 7. The van der Waals surface area contributed by atoms with Crippen molar-refractivity contribution in [2.24, 2.45) is 11.5 Å². The summed E-state index contributed by atoms with van der Waals surface area (Å²) < 4.78 is 11.1. The Labute approximate surface area is 363 Å². The van der Waals surface area contributed by atoms with Gasteiger partial charge in [0.2, 0.25) is 41.4 Å². The van der Waals surface area contributed by atoms with Gasteiger partial charge < -0.3 is 78.4 Å². The second kappa shape index (κ2) is 24.0. The predicted molar refractivity (Wildman–Crippen MR) is 222 cm³/mol. The van der Waals surface area contributed by atoms with Crippen LogP contribution >= 0.6 is 21.6 Å². The zero-order valence-corrected chi connectivity index (χ0v) is 35.0. The van der Waals surface area contributed by atoms with E-state index in [0.717, 1.165) is 21.6 Å². The Morgan fingerprint density at radius 1 is 0.903 bits per heavy atom. The van der Waals surface area contributed by atoms with Gasteiger partial charge in [0, 0.05) is 17.9 Å². The lowest BCUT2D eigenvalue weighted by Gasteiger charge is -2.41. The van der Waals surface area contributed by atoms with Gasteiger partial charge in [-0.1, -0.05) is 64.1 Å². The van der Waals surface area contributed by atoms with Crippen molar-refractivity contribution in [2.75, 3.05) is 31.2 Å². The molecule has 340 valence electrons. The second-order valence-corrected chi connectivity index (χ2v) is 17.0. The van der Waals surface area contributed by atoms with Crippen molar-refractivity contribution in [1.29, 1.82) is 0 Å². The first kappa shape index (κ1) is 49.6. The van der Waals surface area contributed by atoms with E-state index in [0.29, 0.717) is 11.1 Å². The van der Waals surface area contributed by atoms with E-state index in [9.17, 15) is 59.1 Å². The number of ether oxygens (including phenoxy) is 2. The van der Waals surface area contributed by atoms with Crippen LogP contribution in [0.4, 0.5) is 0 Å². The standard InChI is InChI=1S/C38H52N8O14S2/c1-18(59-38-32(53)31(52)30(51)26(15-47)60-38)29(37(58)41-13-27(40)49)46-36(57)25-17-62-61-16-24(44-33(54)22(39)11-20-7-9-21(48)10-8-20)34(55)42-14-28(50)43-23(35(56)45-25)12-19-5-3-2-4-6-19/h2-10,18,22-26,29-32,38,47-48,51-53H,11-17,39H2,1H3,(H2,40,49)(H,41,58)(H,42,55)(H,43,50)(H,44,54)(H,45,56)(H,46,57)/t18-,22+,23?,24-,25?,26-,29+,30-,31+,32-,38-/m1/s1. The molecule has 4 rings (SSSR count). The lowest BCUT2D eigenvalue weighted by molar-refractivity contribution is -0.311. The van der Waals surface area contributed by atoms with E-state index in [2.05, 4.69) is 31.9 Å². The molecule has 15 N–H and O–H groups in total. The van der Waals surface area contributed by atoms with Gasteiger partial charge in [0.1, 0.15) is 54.3 Å². The third kappa shape index (κ3) is 14.8. The van der Waals surface area contributed by atoms with Crippen LogP contribution in [0.1, 0.15) is 18.1 Å². The van der Waals surface area contributed by atoms with Gasteiger partial charge in [0.25, 0.3) is 0 Å². The summed E-state index contributed by atoms with van der Waals surface area (Å²) in [5.74, 6) is -6.28. The van der Waals surface area contributed by atoms with E-state index >= 15 is 0 Å². The van der Waals surface area contributed by atoms with Crippen LogP contribution in [0.3, 0.4) is 0 Å². The predicted octanol–water partition coefficient (Wildman–Crippen LogP) is -5.24. The van der Waals surface area contributed by atoms with Crippen LogP contribution < -0.4 is 43.4 Å². The summed E-state index contributed by atoms with van der Waals surface area (Å²) in [5, 5.41) is 65.2. The number of primary amides is 1. The maximum atomic E-state index is 14.1. The minimum absolute atomic E-state index is 0.0216. The number of rotatable bonds is 15. The van der Waals surface area contributed by atoms with E-state index in [1.165, 1.54) is 19.1 Å². The summed E-state index contributed by atoms with van der Waals surface area (Å²) in [6.07, 6.45) is -9.97. The molecule has 0 aliphatic carbocycles. The van der Waals surface area contributed by atoms with Crippen LogP contribution in [0.15, 0.2) is 54.6 Å². The number of phenols is 1. The number of aliphatic hydroxyl groups is 4. The smallest absolute Gasteiger partial charge is 0.245 e. The first-order chi connectivity index (χ1) is 29.5. The Hall–Kier alpha value is -5.05. The van der Waals surface area contributed by atoms with E-state index in [-0.39, 0.29) is 30.1 Å². The Balaban J connectivity index is 1.58. The molecule has 0 saturated carbocycles. The third-order valence-electron chi connectivity index (χ3n) is 9.59. The highest BCUT2D eigenvalue weighted by Gasteiger charge is 2.46. The maximum absolute atomic E-state index is 14.1. The van der Waals surface area contributed by atoms with Crippen molar-refractivity contribution in [1.82, 2.24) is 31.9 Å². The number of hydrogen-bond donors (Lipinski definition) is 13. The molecule has 0 spiro atoms. The molecule has 0 radical (unpaired) electrons. The fourth-order valence-corrected chi connectivity index (χ4v) is 8.45. The van der Waals surface area contributed by atoms with Gasteiger partial charge in [0.05, 0.1) is 31.8 Å². The van der Waals surface area contributed by atoms with Gasteiger partial charge in [0.15, 0.2) is 6.29 Å². The molecule has 2 fully saturated rings. The monoisotopic (exact) mass is 908 g/mol. The lowest BCUT2D eigenvalue weighted by atomic mass is 9.99. The minimum atomic E-state index is -1.88. The highest BCUT2D eigenvalue weighted by Crippen LogP contribution is 2.25. The summed E-state index contributed by atoms with van der Waals surface area (Å²) in [4.78, 5) is 92.8. The highest BCUT2D eigenvalue weighted by atomic mass is 33.1. The van der Waals surface area contributed by atoms with Gasteiger partial charge in [-0.2, -0.15) is 0 Å². The van der Waals surface area contributed by atoms with E-state index in [4.69, 9.17) is 20.9 Å². The molecule has 2 aromatic carbocycles. The molecule has 2 aliphatic rings. The number of nitrogens with two attached hydrogens (primary N) is 2. The molecule has 24 heteroatoms. The van der Waals surface area contributed by atoms with Crippen molar-refractivity contribution in [3.05, 3.63) is 65.7 Å². The average molecular weight is 909 g/mol. The van der Waals surface area contributed by atoms with Crippen LogP contribution in [0.25, 0.3) is 0 Å². The molecule has 2 aromatic rings. The third-order valence-corrected chi connectivity index (χ3v) is 12.0. The number of aromatic hydroxyl groups is 1. The van der Waals surface area contributed by atoms with Crippen LogP contribution in [-0.2, 0) is 55.9 Å². The second-order valence-electron chi connectivity index (χ2n) is 14.4. The van der Waals surface area contributed by atoms with Crippen molar-refractivity contribution in [2.45, 2.75) is 86.8 Å². The number of phenolic OH excluding ortho intramolecular Hbond substituents is 1. The quantitative estimate of drug-likeness (QED) is 0.0743. The maximum Gasteiger partial charge on any atom is 0.245 e. The van der Waals surface area contributed by atoms with Crippen molar-refractivity contribution in [3.8, 4) is 5.75 Å². The van der Waals surface area contributed by atoms with Crippen molar-refractivity contribution in [3.63, 3.8) is 0 Å². The number of benzene rings is 2. The van der Waals surface area contributed by atoms with Gasteiger partial charge in [-0.25, -0.2) is 0 Å². The fraction of sp³-hybridized carbons (Fsp3) is 0.500.